The number of benzene rings is 2. The zero-order valence-electron chi connectivity index (χ0n) is 19.9. The van der Waals surface area contributed by atoms with Crippen molar-refractivity contribution in [2.24, 2.45) is 20.0 Å². The van der Waals surface area contributed by atoms with E-state index in [1.807, 2.05) is 18.2 Å². The minimum absolute atomic E-state index is 0.0910. The maximum absolute atomic E-state index is 13.6. The molecule has 0 saturated carbocycles. The van der Waals surface area contributed by atoms with Crippen molar-refractivity contribution in [1.29, 1.82) is 0 Å². The van der Waals surface area contributed by atoms with Crippen molar-refractivity contribution in [2.75, 3.05) is 19.5 Å². The van der Waals surface area contributed by atoms with Gasteiger partial charge in [0.15, 0.2) is 5.75 Å². The van der Waals surface area contributed by atoms with E-state index in [-0.39, 0.29) is 33.5 Å². The predicted octanol–water partition coefficient (Wildman–Crippen LogP) is 3.47. The van der Waals surface area contributed by atoms with Gasteiger partial charge in [0.2, 0.25) is 17.2 Å². The molecule has 2 heterocycles. The van der Waals surface area contributed by atoms with Crippen LogP contribution in [0.15, 0.2) is 40.8 Å². The van der Waals surface area contributed by atoms with Crippen LogP contribution < -0.4 is 25.2 Å². The topological polar surface area (TPSA) is 101 Å². The van der Waals surface area contributed by atoms with E-state index in [9.17, 15) is 14.4 Å². The van der Waals surface area contributed by atoms with Crippen molar-refractivity contribution in [3.05, 3.63) is 57.1 Å². The molecule has 1 spiro atoms. The number of carbonyl (C=O) groups is 2. The van der Waals surface area contributed by atoms with Crippen molar-refractivity contribution >= 4 is 39.9 Å². The van der Waals surface area contributed by atoms with Gasteiger partial charge in [-0.05, 0) is 24.6 Å². The number of ketones is 2. The Morgan fingerprint density at radius 1 is 1.06 bits per heavy atom. The van der Waals surface area contributed by atoms with E-state index in [1.165, 1.54) is 26.4 Å². The van der Waals surface area contributed by atoms with E-state index in [2.05, 4.69) is 5.32 Å². The minimum atomic E-state index is -1.73. The number of Topliss-reactive ketones (excluding diaryl/α,β-unsaturated/α-hetero) is 1. The molecule has 1 aromatic heterocycles. The van der Waals surface area contributed by atoms with Crippen LogP contribution in [-0.4, -0.2) is 40.5 Å². The summed E-state index contributed by atoms with van der Waals surface area (Å²) in [6, 6.07) is 7.04. The van der Waals surface area contributed by atoms with E-state index < -0.39 is 23.1 Å². The van der Waals surface area contributed by atoms with Crippen molar-refractivity contribution in [1.82, 2.24) is 9.13 Å². The van der Waals surface area contributed by atoms with Crippen molar-refractivity contribution in [3.63, 3.8) is 0 Å². The second-order valence-corrected chi connectivity index (χ2v) is 9.21. The first kappa shape index (κ1) is 23.0. The lowest BCUT2D eigenvalue weighted by Crippen LogP contribution is -2.55. The van der Waals surface area contributed by atoms with Gasteiger partial charge in [-0.2, -0.15) is 0 Å². The summed E-state index contributed by atoms with van der Waals surface area (Å²) in [5.74, 6) is -0.857. The molecule has 0 radical (unpaired) electrons. The Hall–Kier alpha value is -3.72. The summed E-state index contributed by atoms with van der Waals surface area (Å²) in [6.45, 7) is 1.79. The number of nitrogens with one attached hydrogen (secondary N) is 1. The number of anilines is 1. The number of imidazole rings is 1. The summed E-state index contributed by atoms with van der Waals surface area (Å²) in [5.41, 5.74) is 1.20. The van der Waals surface area contributed by atoms with Gasteiger partial charge in [-0.3, -0.25) is 18.7 Å². The molecular weight excluding hydrogens is 474 g/mol. The summed E-state index contributed by atoms with van der Waals surface area (Å²) in [6.07, 6.45) is 1.77. The van der Waals surface area contributed by atoms with Crippen LogP contribution in [0.1, 0.15) is 23.7 Å². The van der Waals surface area contributed by atoms with Gasteiger partial charge >= 0.3 is 5.69 Å². The Labute approximate surface area is 205 Å². The molecule has 2 aromatic carbocycles. The number of methoxy groups -OCH3 is 2. The van der Waals surface area contributed by atoms with E-state index in [0.29, 0.717) is 12.1 Å². The highest BCUT2D eigenvalue weighted by Crippen LogP contribution is 2.53. The quantitative estimate of drug-likeness (QED) is 0.551. The number of hydrogen-bond acceptors (Lipinski definition) is 7. The van der Waals surface area contributed by atoms with Crippen molar-refractivity contribution in [2.45, 2.75) is 18.9 Å². The Balaban J connectivity index is 1.50. The van der Waals surface area contributed by atoms with Gasteiger partial charge in [-0.25, -0.2) is 4.79 Å². The summed E-state index contributed by atoms with van der Waals surface area (Å²) in [5, 5.41) is 3.38. The van der Waals surface area contributed by atoms with Gasteiger partial charge in [0.25, 0.3) is 0 Å². The summed E-state index contributed by atoms with van der Waals surface area (Å²) in [4.78, 5) is 39.3. The number of rotatable bonds is 4. The molecule has 2 aliphatic rings. The lowest BCUT2D eigenvalue weighted by atomic mass is 9.74. The monoisotopic (exact) mass is 497 g/mol. The average molecular weight is 498 g/mol. The third kappa shape index (κ3) is 3.11. The molecular formula is C25H24ClN3O6. The van der Waals surface area contributed by atoms with Gasteiger partial charge in [0, 0.05) is 43.5 Å². The van der Waals surface area contributed by atoms with Gasteiger partial charge in [0.05, 0.1) is 25.3 Å². The van der Waals surface area contributed by atoms with E-state index in [1.54, 1.807) is 30.2 Å². The number of halogens is 1. The fraction of sp³-hybridized carbons (Fsp3) is 0.320. The van der Waals surface area contributed by atoms with Crippen LogP contribution in [0.2, 0.25) is 5.02 Å². The third-order valence-corrected chi connectivity index (χ3v) is 7.24. The molecule has 0 amide bonds. The SMILES string of the molecule is COc1cc(OC)c2c(c1Cl)OC1(C(=O)C=C(Nc3ccc4c(c3)n(C)c(=O)n4C)CC1C)C2=O. The maximum Gasteiger partial charge on any atom is 0.328 e. The molecule has 10 heteroatoms. The predicted molar refractivity (Wildman–Crippen MR) is 131 cm³/mol. The maximum atomic E-state index is 13.6. The van der Waals surface area contributed by atoms with Crippen LogP contribution in [0.3, 0.4) is 0 Å². The third-order valence-electron chi connectivity index (χ3n) is 6.89. The Kier molecular flexibility index (Phi) is 5.21. The number of fused-ring (bicyclic) bond motifs is 2. The summed E-state index contributed by atoms with van der Waals surface area (Å²) < 4.78 is 19.9. The zero-order valence-corrected chi connectivity index (χ0v) is 20.6. The van der Waals surface area contributed by atoms with Crippen LogP contribution in [-0.2, 0) is 18.9 Å². The van der Waals surface area contributed by atoms with Gasteiger partial charge in [-0.1, -0.05) is 18.5 Å². The second kappa shape index (κ2) is 7.91. The number of ether oxygens (including phenoxy) is 3. The highest BCUT2D eigenvalue weighted by atomic mass is 35.5. The number of hydrogen-bond donors (Lipinski definition) is 1. The lowest BCUT2D eigenvalue weighted by Gasteiger charge is -2.35. The highest BCUT2D eigenvalue weighted by molar-refractivity contribution is 6.36. The number of nitrogens with zero attached hydrogens (tertiary/aromatic N) is 2. The Morgan fingerprint density at radius 2 is 1.74 bits per heavy atom. The first-order valence-corrected chi connectivity index (χ1v) is 11.4. The first-order valence-electron chi connectivity index (χ1n) is 11.0. The normalized spacial score (nSPS) is 21.2. The highest BCUT2D eigenvalue weighted by Gasteiger charge is 2.60. The fourth-order valence-corrected chi connectivity index (χ4v) is 5.25. The van der Waals surface area contributed by atoms with Gasteiger partial charge < -0.3 is 19.5 Å². The molecule has 1 N–H and O–H groups in total. The minimum Gasteiger partial charge on any atom is -0.496 e. The second-order valence-electron chi connectivity index (χ2n) is 8.83. The Morgan fingerprint density at radius 3 is 2.40 bits per heavy atom. The molecule has 2 unspecified atom stereocenters. The molecule has 35 heavy (non-hydrogen) atoms. The summed E-state index contributed by atoms with van der Waals surface area (Å²) >= 11 is 6.43. The molecule has 0 fully saturated rings. The van der Waals surface area contributed by atoms with E-state index >= 15 is 0 Å². The lowest BCUT2D eigenvalue weighted by molar-refractivity contribution is -0.129. The molecule has 0 saturated heterocycles. The van der Waals surface area contributed by atoms with Crippen LogP contribution in [0.25, 0.3) is 11.0 Å². The largest absolute Gasteiger partial charge is 0.496 e. The van der Waals surface area contributed by atoms with Crippen molar-refractivity contribution < 1.29 is 23.8 Å². The first-order chi connectivity index (χ1) is 16.6. The van der Waals surface area contributed by atoms with Crippen molar-refractivity contribution in [3.8, 4) is 17.2 Å². The molecule has 1 aliphatic carbocycles. The molecule has 1 aliphatic heterocycles. The van der Waals surface area contributed by atoms with E-state index in [0.717, 1.165) is 16.7 Å². The fourth-order valence-electron chi connectivity index (χ4n) is 4.99. The molecule has 182 valence electrons. The average Bonchev–Trinajstić information content (AvgIpc) is 3.26. The molecule has 5 rings (SSSR count). The number of aromatic nitrogens is 2. The van der Waals surface area contributed by atoms with Gasteiger partial charge in [0.1, 0.15) is 22.1 Å². The number of aryl methyl sites for hydroxylation is 2. The van der Waals surface area contributed by atoms with Crippen LogP contribution in [0.4, 0.5) is 5.69 Å². The van der Waals surface area contributed by atoms with Gasteiger partial charge in [-0.15, -0.1) is 0 Å². The molecule has 3 aromatic rings. The number of allylic oxidation sites excluding steroid dienone is 1. The molecule has 9 nitrogen and oxygen atoms in total. The standard InChI is InChI=1S/C25H24ClN3O6/c1-12-8-14(27-13-6-7-15-16(9-13)29(3)24(32)28(15)2)10-19(30)25(12)23(31)20-17(33-4)11-18(34-5)21(26)22(20)35-25/h6-7,9-12,27H,8H2,1-5H3. The zero-order chi connectivity index (χ0) is 25.2. The Bertz CT molecular complexity index is 1520. The van der Waals surface area contributed by atoms with Crippen LogP contribution >= 0.6 is 11.6 Å². The van der Waals surface area contributed by atoms with E-state index in [4.69, 9.17) is 25.8 Å². The number of carbonyl (C=O) groups excluding carboxylic acids is 2. The van der Waals surface area contributed by atoms with Crippen LogP contribution in [0, 0.1) is 5.92 Å². The summed E-state index contributed by atoms with van der Waals surface area (Å²) in [7, 11) is 6.29. The molecule has 2 atom stereocenters. The van der Waals surface area contributed by atoms with Crippen LogP contribution in [0.5, 0.6) is 17.2 Å². The molecule has 0 bridgehead atoms. The smallest absolute Gasteiger partial charge is 0.328 e.